The Morgan fingerprint density at radius 1 is 1.28 bits per heavy atom. The molecule has 0 aromatic carbocycles. The Morgan fingerprint density at radius 3 is 2.28 bits per heavy atom. The largest absolute Gasteiger partial charge is 0.444 e. The minimum absolute atomic E-state index is 0.199. The molecule has 0 saturated carbocycles. The van der Waals surface area contributed by atoms with E-state index in [-0.39, 0.29) is 6.09 Å². The second-order valence-corrected chi connectivity index (χ2v) is 6.98. The summed E-state index contributed by atoms with van der Waals surface area (Å²) in [6, 6.07) is 0.420. The van der Waals surface area contributed by atoms with Crippen LogP contribution in [0.3, 0.4) is 0 Å². The number of rotatable bonds is 4. The Labute approximate surface area is 111 Å². The van der Waals surface area contributed by atoms with E-state index in [1.54, 1.807) is 4.90 Å². The Kier molecular flexibility index (Phi) is 4.65. The van der Waals surface area contributed by atoms with Crippen LogP contribution in [-0.4, -0.2) is 42.3 Å². The van der Waals surface area contributed by atoms with E-state index in [2.05, 4.69) is 26.1 Å². The van der Waals surface area contributed by atoms with Crippen molar-refractivity contribution >= 4 is 6.09 Å². The normalized spacial score (nSPS) is 17.6. The lowest BCUT2D eigenvalue weighted by Crippen LogP contribution is -2.61. The summed E-state index contributed by atoms with van der Waals surface area (Å²) in [5, 5.41) is 3.51. The molecule has 4 nitrogen and oxygen atoms in total. The molecular formula is C14H28N2O2. The van der Waals surface area contributed by atoms with Gasteiger partial charge in [-0.2, -0.15) is 0 Å². The lowest BCUT2D eigenvalue weighted by Gasteiger charge is -2.41. The molecule has 0 aliphatic carbocycles. The Balaban J connectivity index is 2.22. The van der Waals surface area contributed by atoms with Crippen molar-refractivity contribution in [1.29, 1.82) is 0 Å². The van der Waals surface area contributed by atoms with Crippen LogP contribution >= 0.6 is 0 Å². The van der Waals surface area contributed by atoms with Crippen molar-refractivity contribution < 1.29 is 9.53 Å². The number of nitrogens with one attached hydrogen (secondary N) is 1. The molecule has 0 spiro atoms. The van der Waals surface area contributed by atoms with Crippen LogP contribution in [0.15, 0.2) is 0 Å². The first kappa shape index (κ1) is 15.3. The molecule has 0 radical (unpaired) electrons. The number of carbonyl (C=O) groups excluding carboxylic acids is 1. The Bertz CT molecular complexity index is 289. The Morgan fingerprint density at radius 2 is 1.83 bits per heavy atom. The molecule has 1 rings (SSSR count). The summed E-state index contributed by atoms with van der Waals surface area (Å²) in [4.78, 5) is 13.5. The molecule has 1 saturated heterocycles. The summed E-state index contributed by atoms with van der Waals surface area (Å²) in [6.45, 7) is 14.9. The topological polar surface area (TPSA) is 41.6 Å². The molecule has 18 heavy (non-hydrogen) atoms. The lowest BCUT2D eigenvalue weighted by molar-refractivity contribution is 0.00450. The summed E-state index contributed by atoms with van der Waals surface area (Å²) < 4.78 is 5.32. The summed E-state index contributed by atoms with van der Waals surface area (Å²) in [5.41, 5.74) is -0.0772. The van der Waals surface area contributed by atoms with E-state index in [0.717, 1.165) is 26.1 Å². The van der Waals surface area contributed by atoms with E-state index in [9.17, 15) is 4.79 Å². The fourth-order valence-corrected chi connectivity index (χ4v) is 1.63. The first-order valence-electron chi connectivity index (χ1n) is 6.84. The molecule has 0 bridgehead atoms. The highest BCUT2D eigenvalue weighted by Gasteiger charge is 2.34. The fraction of sp³-hybridized carbons (Fsp3) is 0.929. The van der Waals surface area contributed by atoms with Gasteiger partial charge in [-0.05, 0) is 32.6 Å². The van der Waals surface area contributed by atoms with Gasteiger partial charge in [0.05, 0.1) is 0 Å². The first-order chi connectivity index (χ1) is 8.13. The van der Waals surface area contributed by atoms with Crippen LogP contribution in [0.1, 0.15) is 48.0 Å². The van der Waals surface area contributed by atoms with Crippen molar-refractivity contribution in [3.8, 4) is 0 Å². The number of hydrogen-bond acceptors (Lipinski definition) is 3. The van der Waals surface area contributed by atoms with Crippen molar-refractivity contribution in [3.63, 3.8) is 0 Å². The van der Waals surface area contributed by atoms with Crippen LogP contribution in [0.4, 0.5) is 4.79 Å². The highest BCUT2D eigenvalue weighted by molar-refractivity contribution is 5.69. The van der Waals surface area contributed by atoms with Crippen LogP contribution in [0.2, 0.25) is 0 Å². The maximum absolute atomic E-state index is 11.7. The summed E-state index contributed by atoms with van der Waals surface area (Å²) in [7, 11) is 0. The molecule has 1 fully saturated rings. The fourth-order valence-electron chi connectivity index (χ4n) is 1.63. The third-order valence-corrected chi connectivity index (χ3v) is 3.36. The predicted octanol–water partition coefficient (Wildman–Crippen LogP) is 2.63. The SMILES string of the molecule is CCC(C)(C)CNC1CN(C(=O)OC(C)(C)C)C1. The molecule has 106 valence electrons. The highest BCUT2D eigenvalue weighted by atomic mass is 16.6. The Hall–Kier alpha value is -0.770. The third kappa shape index (κ3) is 4.84. The molecule has 0 atom stereocenters. The van der Waals surface area contributed by atoms with Crippen LogP contribution < -0.4 is 5.32 Å². The maximum Gasteiger partial charge on any atom is 0.410 e. The monoisotopic (exact) mass is 256 g/mol. The van der Waals surface area contributed by atoms with Crippen LogP contribution in [0.5, 0.6) is 0 Å². The summed E-state index contributed by atoms with van der Waals surface area (Å²) in [6.07, 6.45) is 0.956. The minimum Gasteiger partial charge on any atom is -0.444 e. The average molecular weight is 256 g/mol. The van der Waals surface area contributed by atoms with Gasteiger partial charge in [0.1, 0.15) is 5.60 Å². The van der Waals surface area contributed by atoms with Crippen molar-refractivity contribution in [1.82, 2.24) is 10.2 Å². The molecule has 1 N–H and O–H groups in total. The summed E-state index contributed by atoms with van der Waals surface area (Å²) in [5.74, 6) is 0. The van der Waals surface area contributed by atoms with Gasteiger partial charge >= 0.3 is 6.09 Å². The molecule has 0 unspecified atom stereocenters. The molecular weight excluding hydrogens is 228 g/mol. The molecule has 0 aromatic rings. The first-order valence-corrected chi connectivity index (χ1v) is 6.84. The highest BCUT2D eigenvalue weighted by Crippen LogP contribution is 2.20. The number of hydrogen-bond donors (Lipinski definition) is 1. The van der Waals surface area contributed by atoms with Gasteiger partial charge in [0.15, 0.2) is 0 Å². The van der Waals surface area contributed by atoms with Gasteiger partial charge in [-0.3, -0.25) is 0 Å². The second-order valence-electron chi connectivity index (χ2n) is 6.98. The van der Waals surface area contributed by atoms with Gasteiger partial charge in [-0.1, -0.05) is 20.8 Å². The van der Waals surface area contributed by atoms with E-state index in [1.165, 1.54) is 0 Å². The van der Waals surface area contributed by atoms with E-state index in [0.29, 0.717) is 11.5 Å². The molecule has 1 amide bonds. The van der Waals surface area contributed by atoms with Gasteiger partial charge < -0.3 is 15.0 Å². The molecule has 1 aliphatic rings. The third-order valence-electron chi connectivity index (χ3n) is 3.36. The van der Waals surface area contributed by atoms with Crippen molar-refractivity contribution in [2.75, 3.05) is 19.6 Å². The molecule has 1 heterocycles. The van der Waals surface area contributed by atoms with E-state index in [1.807, 2.05) is 20.8 Å². The molecule has 0 aromatic heterocycles. The maximum atomic E-state index is 11.7. The number of likely N-dealkylation sites (tertiary alicyclic amines) is 1. The minimum atomic E-state index is -0.403. The van der Waals surface area contributed by atoms with Crippen LogP contribution in [0.25, 0.3) is 0 Å². The van der Waals surface area contributed by atoms with E-state index < -0.39 is 5.60 Å². The lowest BCUT2D eigenvalue weighted by atomic mass is 9.90. The number of nitrogens with zero attached hydrogens (tertiary/aromatic N) is 1. The van der Waals surface area contributed by atoms with Gasteiger partial charge in [-0.15, -0.1) is 0 Å². The second kappa shape index (κ2) is 5.47. The van der Waals surface area contributed by atoms with Gasteiger partial charge in [0.25, 0.3) is 0 Å². The smallest absolute Gasteiger partial charge is 0.410 e. The number of ether oxygens (including phenoxy) is 1. The molecule has 4 heteroatoms. The molecule has 1 aliphatic heterocycles. The quantitative estimate of drug-likeness (QED) is 0.840. The van der Waals surface area contributed by atoms with Gasteiger partial charge in [-0.25, -0.2) is 4.79 Å². The average Bonchev–Trinajstić information content (AvgIpc) is 2.12. The predicted molar refractivity (Wildman–Crippen MR) is 73.7 cm³/mol. The zero-order valence-corrected chi connectivity index (χ0v) is 12.7. The van der Waals surface area contributed by atoms with Gasteiger partial charge in [0, 0.05) is 25.7 Å². The van der Waals surface area contributed by atoms with E-state index in [4.69, 9.17) is 4.74 Å². The number of amides is 1. The zero-order valence-electron chi connectivity index (χ0n) is 12.7. The van der Waals surface area contributed by atoms with Gasteiger partial charge in [0.2, 0.25) is 0 Å². The zero-order chi connectivity index (χ0) is 14.0. The number of carbonyl (C=O) groups is 1. The van der Waals surface area contributed by atoms with Crippen molar-refractivity contribution in [2.45, 2.75) is 59.6 Å². The van der Waals surface area contributed by atoms with Crippen LogP contribution in [-0.2, 0) is 4.74 Å². The van der Waals surface area contributed by atoms with E-state index >= 15 is 0 Å². The standard InChI is InChI=1S/C14H28N2O2/c1-7-14(5,6)10-15-11-8-16(9-11)12(17)18-13(2,3)4/h11,15H,7-10H2,1-6H3. The summed E-state index contributed by atoms with van der Waals surface area (Å²) >= 11 is 0. The van der Waals surface area contributed by atoms with Crippen LogP contribution in [0, 0.1) is 5.41 Å². The van der Waals surface area contributed by atoms with Crippen molar-refractivity contribution in [2.24, 2.45) is 5.41 Å². The van der Waals surface area contributed by atoms with Crippen molar-refractivity contribution in [3.05, 3.63) is 0 Å².